The number of rotatable bonds is 4. The second-order valence-corrected chi connectivity index (χ2v) is 6.68. The highest BCUT2D eigenvalue weighted by atomic mass is 32.2. The summed E-state index contributed by atoms with van der Waals surface area (Å²) in [7, 11) is -1.48. The van der Waals surface area contributed by atoms with E-state index in [1.54, 1.807) is 12.1 Å². The smallest absolute Gasteiger partial charge is 0.240 e. The zero-order valence-corrected chi connectivity index (χ0v) is 11.7. The fourth-order valence-corrected chi connectivity index (χ4v) is 3.40. The van der Waals surface area contributed by atoms with E-state index in [0.717, 1.165) is 19.5 Å². The molecule has 0 amide bonds. The summed E-state index contributed by atoms with van der Waals surface area (Å²) in [4.78, 5) is 2.34. The van der Waals surface area contributed by atoms with Crippen LogP contribution >= 0.6 is 0 Å². The Balaban J connectivity index is 2.04. The minimum absolute atomic E-state index is 0.151. The van der Waals surface area contributed by atoms with E-state index < -0.39 is 10.0 Å². The van der Waals surface area contributed by atoms with Crippen molar-refractivity contribution in [3.05, 3.63) is 29.8 Å². The van der Waals surface area contributed by atoms with Gasteiger partial charge in [0.2, 0.25) is 10.0 Å². The summed E-state index contributed by atoms with van der Waals surface area (Å²) < 4.78 is 26.8. The summed E-state index contributed by atoms with van der Waals surface area (Å²) in [6.07, 6.45) is 1.01. The minimum Gasteiger partial charge on any atom is -0.306 e. The maximum Gasteiger partial charge on any atom is 0.240 e. The number of nitrogens with zero attached hydrogens (tertiary/aromatic N) is 2. The number of benzene rings is 1. The molecule has 0 radical (unpaired) electrons. The van der Waals surface area contributed by atoms with Crippen LogP contribution in [0.15, 0.2) is 29.2 Å². The molecule has 1 saturated heterocycles. The van der Waals surface area contributed by atoms with Crippen LogP contribution in [0.1, 0.15) is 12.0 Å². The van der Waals surface area contributed by atoms with Crippen molar-refractivity contribution >= 4 is 10.0 Å². The molecule has 0 aliphatic carbocycles. The zero-order chi connectivity index (χ0) is 13.9. The lowest BCUT2D eigenvalue weighted by molar-refractivity contribution is 0.394. The van der Waals surface area contributed by atoms with Gasteiger partial charge in [-0.05, 0) is 44.1 Å². The molecule has 1 aliphatic rings. The van der Waals surface area contributed by atoms with Crippen LogP contribution in [-0.4, -0.2) is 40.0 Å². The van der Waals surface area contributed by atoms with Crippen molar-refractivity contribution in [1.29, 1.82) is 5.26 Å². The topological polar surface area (TPSA) is 73.2 Å². The molecule has 102 valence electrons. The highest BCUT2D eigenvalue weighted by Crippen LogP contribution is 2.15. The third kappa shape index (κ3) is 3.53. The van der Waals surface area contributed by atoms with Gasteiger partial charge in [0.1, 0.15) is 0 Å². The van der Waals surface area contributed by atoms with Crippen molar-refractivity contribution in [1.82, 2.24) is 9.62 Å². The molecule has 1 N–H and O–H groups in total. The molecule has 2 rings (SSSR count). The number of nitriles is 1. The third-order valence-electron chi connectivity index (χ3n) is 3.32. The van der Waals surface area contributed by atoms with Gasteiger partial charge in [0.05, 0.1) is 16.5 Å². The molecule has 1 aliphatic heterocycles. The molecule has 1 fully saturated rings. The largest absolute Gasteiger partial charge is 0.306 e. The maximum absolute atomic E-state index is 12.1. The van der Waals surface area contributed by atoms with E-state index in [1.165, 1.54) is 12.1 Å². The summed E-state index contributed by atoms with van der Waals surface area (Å²) >= 11 is 0. The first-order chi connectivity index (χ1) is 9.01. The average molecular weight is 279 g/mol. The van der Waals surface area contributed by atoms with Crippen LogP contribution in [0.2, 0.25) is 0 Å². The maximum atomic E-state index is 12.1. The number of sulfonamides is 1. The summed E-state index contributed by atoms with van der Waals surface area (Å²) in [6, 6.07) is 8.01. The second-order valence-electron chi connectivity index (χ2n) is 4.91. The predicted molar refractivity (Wildman–Crippen MR) is 71.9 cm³/mol. The Bertz CT molecular complexity index is 592. The lowest BCUT2D eigenvalue weighted by Gasteiger charge is -2.12. The van der Waals surface area contributed by atoms with Crippen LogP contribution in [0.5, 0.6) is 0 Å². The standard InChI is InChI=1S/C13H17N3O2S/c1-16-6-5-12(10-16)9-15-19(17,18)13-4-2-3-11(7-13)8-14/h2-4,7,12,15H,5-6,9-10H2,1H3. The third-order valence-corrected chi connectivity index (χ3v) is 4.75. The molecular formula is C13H17N3O2S. The van der Waals surface area contributed by atoms with Gasteiger partial charge in [-0.15, -0.1) is 0 Å². The van der Waals surface area contributed by atoms with Crippen molar-refractivity contribution in [2.24, 2.45) is 5.92 Å². The molecule has 0 spiro atoms. The van der Waals surface area contributed by atoms with Crippen molar-refractivity contribution in [2.45, 2.75) is 11.3 Å². The fraction of sp³-hybridized carbons (Fsp3) is 0.462. The Kier molecular flexibility index (Phi) is 4.20. The second kappa shape index (κ2) is 5.70. The quantitative estimate of drug-likeness (QED) is 0.884. The first-order valence-electron chi connectivity index (χ1n) is 6.19. The summed E-state index contributed by atoms with van der Waals surface area (Å²) in [5, 5.41) is 8.79. The lowest BCUT2D eigenvalue weighted by atomic mass is 10.1. The fourth-order valence-electron chi connectivity index (χ4n) is 2.24. The molecule has 1 unspecified atom stereocenters. The molecule has 0 bridgehead atoms. The number of likely N-dealkylation sites (tertiary alicyclic amines) is 1. The van der Waals surface area contributed by atoms with Crippen LogP contribution in [0, 0.1) is 17.2 Å². The van der Waals surface area contributed by atoms with Gasteiger partial charge in [0.15, 0.2) is 0 Å². The summed E-state index contributed by atoms with van der Waals surface area (Å²) in [6.45, 7) is 2.38. The van der Waals surface area contributed by atoms with Gasteiger partial charge in [0.25, 0.3) is 0 Å². The van der Waals surface area contributed by atoms with Crippen LogP contribution in [0.3, 0.4) is 0 Å². The zero-order valence-electron chi connectivity index (χ0n) is 10.8. The van der Waals surface area contributed by atoms with Gasteiger partial charge in [-0.1, -0.05) is 6.07 Å². The first kappa shape index (κ1) is 14.0. The van der Waals surface area contributed by atoms with Gasteiger partial charge in [-0.2, -0.15) is 5.26 Å². The summed E-state index contributed by atoms with van der Waals surface area (Å²) in [5.74, 6) is 0.360. The predicted octanol–water partition coefficient (Wildman–Crippen LogP) is 0.788. The Morgan fingerprint density at radius 2 is 2.32 bits per heavy atom. The van der Waals surface area contributed by atoms with E-state index >= 15 is 0 Å². The molecule has 0 aromatic heterocycles. The minimum atomic E-state index is -3.52. The van der Waals surface area contributed by atoms with Crippen molar-refractivity contribution < 1.29 is 8.42 Å². The van der Waals surface area contributed by atoms with E-state index in [1.807, 2.05) is 13.1 Å². The molecule has 1 heterocycles. The van der Waals surface area contributed by atoms with E-state index in [0.29, 0.717) is 18.0 Å². The normalized spacial score (nSPS) is 20.3. The molecule has 1 aromatic carbocycles. The Labute approximate surface area is 113 Å². The highest BCUT2D eigenvalue weighted by Gasteiger charge is 2.22. The molecule has 0 saturated carbocycles. The van der Waals surface area contributed by atoms with E-state index in [4.69, 9.17) is 5.26 Å². The Morgan fingerprint density at radius 1 is 1.53 bits per heavy atom. The van der Waals surface area contributed by atoms with E-state index in [2.05, 4.69) is 9.62 Å². The van der Waals surface area contributed by atoms with Gasteiger partial charge >= 0.3 is 0 Å². The van der Waals surface area contributed by atoms with Gasteiger partial charge < -0.3 is 4.90 Å². The van der Waals surface area contributed by atoms with Gasteiger partial charge in [-0.3, -0.25) is 0 Å². The van der Waals surface area contributed by atoms with Crippen molar-refractivity contribution in [3.8, 4) is 6.07 Å². The Hall–Kier alpha value is -1.42. The molecule has 6 heteroatoms. The van der Waals surface area contributed by atoms with Crippen LogP contribution in [0.4, 0.5) is 0 Å². The van der Waals surface area contributed by atoms with Gasteiger partial charge in [-0.25, -0.2) is 13.1 Å². The lowest BCUT2D eigenvalue weighted by Crippen LogP contribution is -2.30. The molecule has 1 atom stereocenters. The Morgan fingerprint density at radius 3 is 2.95 bits per heavy atom. The average Bonchev–Trinajstić information content (AvgIpc) is 2.82. The van der Waals surface area contributed by atoms with Gasteiger partial charge in [0, 0.05) is 13.1 Å². The van der Waals surface area contributed by atoms with E-state index in [9.17, 15) is 8.42 Å². The molecular weight excluding hydrogens is 262 g/mol. The van der Waals surface area contributed by atoms with Crippen molar-refractivity contribution in [2.75, 3.05) is 26.7 Å². The molecule has 5 nitrogen and oxygen atoms in total. The number of hydrogen-bond acceptors (Lipinski definition) is 4. The SMILES string of the molecule is CN1CCC(CNS(=O)(=O)c2cccc(C#N)c2)C1. The summed E-state index contributed by atoms with van der Waals surface area (Å²) in [5.41, 5.74) is 0.350. The van der Waals surface area contributed by atoms with Crippen LogP contribution < -0.4 is 4.72 Å². The highest BCUT2D eigenvalue weighted by molar-refractivity contribution is 7.89. The number of hydrogen-bond donors (Lipinski definition) is 1. The van der Waals surface area contributed by atoms with Crippen LogP contribution in [-0.2, 0) is 10.0 Å². The number of nitrogens with one attached hydrogen (secondary N) is 1. The molecule has 19 heavy (non-hydrogen) atoms. The van der Waals surface area contributed by atoms with Crippen LogP contribution in [0.25, 0.3) is 0 Å². The monoisotopic (exact) mass is 279 g/mol. The molecule has 1 aromatic rings. The van der Waals surface area contributed by atoms with E-state index in [-0.39, 0.29) is 4.90 Å². The van der Waals surface area contributed by atoms with Crippen molar-refractivity contribution in [3.63, 3.8) is 0 Å². The first-order valence-corrected chi connectivity index (χ1v) is 7.68.